The maximum absolute atomic E-state index is 12.3. The second-order valence-electron chi connectivity index (χ2n) is 6.90. The number of rotatable bonds is 8. The van der Waals surface area contributed by atoms with Crippen molar-refractivity contribution < 1.29 is 50.4 Å². The number of hydrogen-bond donors (Lipinski definition) is 3. The molecule has 13 heteroatoms. The number of carbonyl (C=O) groups is 1. The van der Waals surface area contributed by atoms with Crippen molar-refractivity contribution in [2.45, 2.75) is 13.3 Å². The summed E-state index contributed by atoms with van der Waals surface area (Å²) in [4.78, 5) is 20.0. The average molecular weight is 674 g/mol. The first-order chi connectivity index (χ1) is 15.8. The second kappa shape index (κ2) is 17.3. The Kier molecular flexibility index (Phi) is 16.2. The zero-order valence-electron chi connectivity index (χ0n) is 19.7. The van der Waals surface area contributed by atoms with E-state index in [1.165, 1.54) is 0 Å². The monoisotopic (exact) mass is 673 g/mol. The number of amidine groups is 2. The molecule has 0 bridgehead atoms. The molecule has 0 saturated heterocycles. The molecule has 0 aliphatic heterocycles. The number of aliphatic imine (C=N–C) groups is 2. The largest absolute Gasteiger partial charge is 2.00 e. The van der Waals surface area contributed by atoms with Gasteiger partial charge in [-0.1, -0.05) is 24.3 Å². The molecule has 0 unspecified atom stereocenters. The van der Waals surface area contributed by atoms with Crippen LogP contribution in [0.3, 0.4) is 0 Å². The molecule has 1 aromatic carbocycles. The summed E-state index contributed by atoms with van der Waals surface area (Å²) in [5, 5.41) is 12.1. The van der Waals surface area contributed by atoms with Gasteiger partial charge in [-0.15, -0.1) is 0 Å². The van der Waals surface area contributed by atoms with E-state index < -0.39 is 0 Å². The van der Waals surface area contributed by atoms with E-state index >= 15 is 0 Å². The Labute approximate surface area is 244 Å². The van der Waals surface area contributed by atoms with E-state index in [0.29, 0.717) is 30.0 Å². The van der Waals surface area contributed by atoms with Gasteiger partial charge < -0.3 is 54.6 Å². The first-order valence-electron chi connectivity index (χ1n) is 10.1. The van der Waals surface area contributed by atoms with Crippen molar-refractivity contribution in [3.63, 3.8) is 0 Å². The van der Waals surface area contributed by atoms with Crippen molar-refractivity contribution in [1.29, 1.82) is 0 Å². The molecule has 0 aliphatic rings. The van der Waals surface area contributed by atoms with Gasteiger partial charge in [0, 0.05) is 32.3 Å². The number of halogens is 1. The fraction of sp³-hybridized carbons (Fsp3) is 0.273. The number of aromatic nitrogens is 1. The Morgan fingerprint density at radius 3 is 2.14 bits per heavy atom. The van der Waals surface area contributed by atoms with Gasteiger partial charge in [-0.25, -0.2) is 4.57 Å². The van der Waals surface area contributed by atoms with E-state index in [1.54, 1.807) is 33.3 Å². The van der Waals surface area contributed by atoms with Crippen molar-refractivity contribution in [3.8, 4) is 0 Å². The normalized spacial score (nSPS) is 12.2. The van der Waals surface area contributed by atoms with E-state index in [2.05, 4.69) is 36.4 Å². The number of benzene rings is 1. The maximum Gasteiger partial charge on any atom is 2.00 e. The number of nitrogens with zero attached hydrogens (tertiary/aromatic N) is 5. The number of carbonyl (C=O) groups excluding carboxylic acids is 1. The zero-order chi connectivity index (χ0) is 24.2. The molecule has 0 saturated carbocycles. The maximum atomic E-state index is 12.3. The van der Waals surface area contributed by atoms with Gasteiger partial charge in [0.25, 0.3) is 5.91 Å². The van der Waals surface area contributed by atoms with E-state index in [9.17, 15) is 4.79 Å². The van der Waals surface area contributed by atoms with Gasteiger partial charge in [0.2, 0.25) is 0 Å². The molecule has 3 N–H and O–H groups in total. The van der Waals surface area contributed by atoms with Crippen LogP contribution in [-0.2, 0) is 55.8 Å². The molecule has 0 atom stereocenters. The SMILES string of the molecule is CN=C([S-])N/N=C(\C(C)=N\NC([S-])=NC)c1ccc(CCNC(=O)c2ccc[n+](C)c2)cc1.[Cu+2].[I-]. The molecule has 0 spiro atoms. The smallest absolute Gasteiger partial charge is 1.00 e. The Balaban J connectivity index is 0.00000578. The van der Waals surface area contributed by atoms with Gasteiger partial charge in [0.1, 0.15) is 18.3 Å². The molecule has 0 fully saturated rings. The summed E-state index contributed by atoms with van der Waals surface area (Å²) in [7, 11) is 5.05. The number of pyridine rings is 1. The molecule has 35 heavy (non-hydrogen) atoms. The van der Waals surface area contributed by atoms with Crippen molar-refractivity contribution in [2.24, 2.45) is 27.2 Å². The quantitative estimate of drug-likeness (QED) is 0.0562. The molecular formula is C22H27CuIN8OS2. The first kappa shape index (κ1) is 32.8. The van der Waals surface area contributed by atoms with Gasteiger partial charge in [-0.3, -0.25) is 25.6 Å². The molecule has 1 amide bonds. The third-order valence-corrected chi connectivity index (χ3v) is 5.01. The van der Waals surface area contributed by atoms with Crippen LogP contribution in [-0.4, -0.2) is 48.3 Å². The predicted octanol–water partition coefficient (Wildman–Crippen LogP) is -2.19. The Hall–Kier alpha value is -2.19. The molecule has 1 aromatic heterocycles. The first-order valence-corrected chi connectivity index (χ1v) is 10.9. The summed E-state index contributed by atoms with van der Waals surface area (Å²) in [6.07, 6.45) is 4.36. The van der Waals surface area contributed by atoms with Gasteiger partial charge >= 0.3 is 17.1 Å². The van der Waals surface area contributed by atoms with E-state index in [4.69, 9.17) is 25.3 Å². The molecule has 2 aromatic rings. The third-order valence-electron chi connectivity index (χ3n) is 4.46. The average Bonchev–Trinajstić information content (AvgIpc) is 2.83. The van der Waals surface area contributed by atoms with Gasteiger partial charge in [0.15, 0.2) is 12.4 Å². The van der Waals surface area contributed by atoms with E-state index in [-0.39, 0.29) is 57.3 Å². The fourth-order valence-corrected chi connectivity index (χ4v) is 2.81. The fourth-order valence-electron chi connectivity index (χ4n) is 2.72. The molecule has 191 valence electrons. The van der Waals surface area contributed by atoms with Crippen LogP contribution < -0.4 is 44.7 Å². The Morgan fingerprint density at radius 2 is 1.57 bits per heavy atom. The molecule has 2 rings (SSSR count). The second-order valence-corrected chi connectivity index (χ2v) is 7.67. The third kappa shape index (κ3) is 11.4. The number of nitrogens with one attached hydrogen (secondary N) is 3. The van der Waals surface area contributed by atoms with E-state index in [1.807, 2.05) is 48.1 Å². The molecule has 0 aliphatic carbocycles. The van der Waals surface area contributed by atoms with Crippen LogP contribution in [0, 0.1) is 0 Å². The summed E-state index contributed by atoms with van der Waals surface area (Å²) in [6, 6.07) is 11.5. The van der Waals surface area contributed by atoms with Crippen molar-refractivity contribution in [1.82, 2.24) is 16.2 Å². The van der Waals surface area contributed by atoms with Crippen molar-refractivity contribution in [3.05, 3.63) is 65.5 Å². The van der Waals surface area contributed by atoms with Crippen LogP contribution in [0.1, 0.15) is 28.4 Å². The van der Waals surface area contributed by atoms with Crippen LogP contribution in [0.25, 0.3) is 0 Å². The van der Waals surface area contributed by atoms with Crippen molar-refractivity contribution in [2.75, 3.05) is 20.6 Å². The summed E-state index contributed by atoms with van der Waals surface area (Å²) < 4.78 is 1.84. The van der Waals surface area contributed by atoms with Crippen molar-refractivity contribution >= 4 is 52.9 Å². The van der Waals surface area contributed by atoms with E-state index in [0.717, 1.165) is 11.1 Å². The van der Waals surface area contributed by atoms with Crippen LogP contribution in [0.4, 0.5) is 0 Å². The number of amides is 1. The summed E-state index contributed by atoms with van der Waals surface area (Å²) in [6.45, 7) is 2.32. The molecular weight excluding hydrogens is 647 g/mol. The topological polar surface area (TPSA) is 106 Å². The minimum atomic E-state index is -0.100. The number of hydrogen-bond acceptors (Lipinski definition) is 7. The molecule has 1 radical (unpaired) electrons. The molecule has 9 nitrogen and oxygen atoms in total. The zero-order valence-corrected chi connectivity index (χ0v) is 24.4. The number of hydrazone groups is 2. The summed E-state index contributed by atoms with van der Waals surface area (Å²) in [5.41, 5.74) is 9.11. The van der Waals surface area contributed by atoms with Gasteiger partial charge in [0.05, 0.1) is 5.71 Å². The van der Waals surface area contributed by atoms with Crippen LogP contribution in [0.2, 0.25) is 0 Å². The summed E-state index contributed by atoms with van der Waals surface area (Å²) >= 11 is 10.1. The summed E-state index contributed by atoms with van der Waals surface area (Å²) in [5.74, 6) is -0.100. The Bertz CT molecular complexity index is 1090. The van der Waals surface area contributed by atoms with Crippen LogP contribution in [0.15, 0.2) is 69.0 Å². The van der Waals surface area contributed by atoms with Crippen LogP contribution in [0.5, 0.6) is 0 Å². The minimum absolute atomic E-state index is 0. The Morgan fingerprint density at radius 1 is 0.971 bits per heavy atom. The minimum Gasteiger partial charge on any atom is -1.00 e. The van der Waals surface area contributed by atoms with Gasteiger partial charge in [-0.2, -0.15) is 10.2 Å². The predicted molar refractivity (Wildman–Crippen MR) is 137 cm³/mol. The molecule has 1 heterocycles. The van der Waals surface area contributed by atoms with Crippen LogP contribution >= 0.6 is 0 Å². The standard InChI is InChI=1S/C22H28N8OS2.Cu.HI/c1-15(26-28-21(32)23-2)19(27-29-22(33)24-3)17-9-7-16(8-10-17)11-12-25-20(31)18-6-5-13-30(4)14-18;;/h5-10,13-14H,11-12H2,1-4H3,(H4-,23,24,25,26,27,28,29,31,32,33);;1H/q;+2;/p-2. The number of aryl methyl sites for hydroxylation is 1. The van der Waals surface area contributed by atoms with Gasteiger partial charge in [-0.05, 0) is 35.3 Å².